The van der Waals surface area contributed by atoms with Crippen LogP contribution < -0.4 is 4.74 Å². The molecule has 3 rings (SSSR count). The van der Waals surface area contributed by atoms with Crippen molar-refractivity contribution in [2.45, 2.75) is 13.0 Å². The lowest BCUT2D eigenvalue weighted by Gasteiger charge is -2.27. The van der Waals surface area contributed by atoms with Gasteiger partial charge >= 0.3 is 0 Å². The first-order valence-corrected chi connectivity index (χ1v) is 6.41. The van der Waals surface area contributed by atoms with E-state index in [0.29, 0.717) is 18.8 Å². The van der Waals surface area contributed by atoms with Gasteiger partial charge in [0.1, 0.15) is 12.1 Å². The highest BCUT2D eigenvalue weighted by Gasteiger charge is 2.21. The lowest BCUT2D eigenvalue weighted by molar-refractivity contribution is -0.134. The van der Waals surface area contributed by atoms with Crippen molar-refractivity contribution in [1.29, 1.82) is 0 Å². The Morgan fingerprint density at radius 3 is 3.15 bits per heavy atom. The van der Waals surface area contributed by atoms with Crippen molar-refractivity contribution in [3.63, 3.8) is 0 Å². The Kier molecular flexibility index (Phi) is 3.54. The Labute approximate surface area is 116 Å². The molecule has 0 unspecified atom stereocenters. The third kappa shape index (κ3) is 2.74. The molecule has 1 aliphatic rings. The van der Waals surface area contributed by atoms with Gasteiger partial charge in [0.15, 0.2) is 6.61 Å². The summed E-state index contributed by atoms with van der Waals surface area (Å²) in [7, 11) is 0. The van der Waals surface area contributed by atoms with Gasteiger partial charge in [0, 0.05) is 37.5 Å². The second kappa shape index (κ2) is 5.64. The van der Waals surface area contributed by atoms with Gasteiger partial charge < -0.3 is 9.64 Å². The van der Waals surface area contributed by atoms with E-state index < -0.39 is 0 Å². The molecule has 0 saturated carbocycles. The van der Waals surface area contributed by atoms with Crippen molar-refractivity contribution in [1.82, 2.24) is 19.9 Å². The fourth-order valence-corrected chi connectivity index (χ4v) is 2.15. The van der Waals surface area contributed by atoms with Gasteiger partial charge in [-0.15, -0.1) is 0 Å². The van der Waals surface area contributed by atoms with Gasteiger partial charge in [-0.25, -0.2) is 9.97 Å². The van der Waals surface area contributed by atoms with Crippen molar-refractivity contribution in [2.75, 3.05) is 13.2 Å². The van der Waals surface area contributed by atoms with Crippen molar-refractivity contribution in [3.8, 4) is 5.75 Å². The number of carbonyl (C=O) groups excluding carboxylic acids is 1. The molecular weight excluding hydrogens is 256 g/mol. The number of fused-ring (bicyclic) bond motifs is 1. The van der Waals surface area contributed by atoms with Gasteiger partial charge in [0.05, 0.1) is 11.9 Å². The molecule has 1 amide bonds. The second-order valence-corrected chi connectivity index (χ2v) is 4.54. The zero-order chi connectivity index (χ0) is 13.8. The first-order valence-electron chi connectivity index (χ1n) is 6.41. The molecule has 6 heteroatoms. The van der Waals surface area contributed by atoms with Crippen LogP contribution in [0.5, 0.6) is 5.75 Å². The van der Waals surface area contributed by atoms with Crippen LogP contribution in [-0.2, 0) is 17.8 Å². The molecular formula is C14H14N4O2. The predicted octanol–water partition coefficient (Wildman–Crippen LogP) is 0.835. The number of pyridine rings is 1. The minimum absolute atomic E-state index is 0.0225. The fraction of sp³-hybridized carbons (Fsp3) is 0.286. The summed E-state index contributed by atoms with van der Waals surface area (Å²) in [6.07, 6.45) is 7.32. The molecule has 0 radical (unpaired) electrons. The third-order valence-corrected chi connectivity index (χ3v) is 3.21. The Morgan fingerprint density at radius 1 is 1.35 bits per heavy atom. The molecule has 0 atom stereocenters. The van der Waals surface area contributed by atoms with Gasteiger partial charge in [-0.1, -0.05) is 0 Å². The first kappa shape index (κ1) is 12.5. The molecule has 0 aromatic carbocycles. The van der Waals surface area contributed by atoms with Gasteiger partial charge in [0.25, 0.3) is 5.91 Å². The number of hydrogen-bond donors (Lipinski definition) is 0. The SMILES string of the molecule is O=C(COc1cccnc1)N1CCc2ncncc2C1. The molecule has 6 nitrogen and oxygen atoms in total. The van der Waals surface area contributed by atoms with Crippen LogP contribution in [0.3, 0.4) is 0 Å². The van der Waals surface area contributed by atoms with Crippen LogP contribution in [-0.4, -0.2) is 38.9 Å². The van der Waals surface area contributed by atoms with Gasteiger partial charge in [-0.3, -0.25) is 9.78 Å². The smallest absolute Gasteiger partial charge is 0.260 e. The summed E-state index contributed by atoms with van der Waals surface area (Å²) in [5.41, 5.74) is 2.03. The molecule has 0 bridgehead atoms. The number of nitrogens with zero attached hydrogens (tertiary/aromatic N) is 4. The highest BCUT2D eigenvalue weighted by atomic mass is 16.5. The van der Waals surface area contributed by atoms with Crippen molar-refractivity contribution in [3.05, 3.63) is 48.3 Å². The van der Waals surface area contributed by atoms with Crippen molar-refractivity contribution < 1.29 is 9.53 Å². The largest absolute Gasteiger partial charge is 0.482 e. The van der Waals surface area contributed by atoms with E-state index in [1.54, 1.807) is 42.0 Å². The molecule has 1 aliphatic heterocycles. The van der Waals surface area contributed by atoms with Crippen LogP contribution in [0.4, 0.5) is 0 Å². The summed E-state index contributed by atoms with van der Waals surface area (Å²) < 4.78 is 5.42. The van der Waals surface area contributed by atoms with Gasteiger partial charge in [0.2, 0.25) is 0 Å². The summed E-state index contributed by atoms with van der Waals surface area (Å²) in [6.45, 7) is 1.24. The lowest BCUT2D eigenvalue weighted by atomic mass is 10.1. The minimum atomic E-state index is -0.0386. The third-order valence-electron chi connectivity index (χ3n) is 3.21. The molecule has 0 fully saturated rings. The fourth-order valence-electron chi connectivity index (χ4n) is 2.15. The normalized spacial score (nSPS) is 13.7. The zero-order valence-electron chi connectivity index (χ0n) is 10.9. The average Bonchev–Trinajstić information content (AvgIpc) is 2.53. The van der Waals surface area contributed by atoms with E-state index in [2.05, 4.69) is 15.0 Å². The van der Waals surface area contributed by atoms with Crippen LogP contribution in [0.15, 0.2) is 37.1 Å². The molecule has 0 N–H and O–H groups in total. The summed E-state index contributed by atoms with van der Waals surface area (Å²) in [4.78, 5) is 26.0. The van der Waals surface area contributed by atoms with Crippen LogP contribution in [0, 0.1) is 0 Å². The standard InChI is InChI=1S/C14H14N4O2/c19-14(9-20-12-2-1-4-15-7-12)18-5-3-13-11(8-18)6-16-10-17-13/h1-2,4,6-7,10H,3,5,8-9H2. The van der Waals surface area contributed by atoms with E-state index in [-0.39, 0.29) is 12.5 Å². The quantitative estimate of drug-likeness (QED) is 0.826. The molecule has 3 heterocycles. The first-order chi connectivity index (χ1) is 9.83. The van der Waals surface area contributed by atoms with E-state index in [1.807, 2.05) is 0 Å². The maximum absolute atomic E-state index is 12.1. The summed E-state index contributed by atoms with van der Waals surface area (Å²) in [6, 6.07) is 3.55. The van der Waals surface area contributed by atoms with Crippen LogP contribution in [0.25, 0.3) is 0 Å². The minimum Gasteiger partial charge on any atom is -0.482 e. The van der Waals surface area contributed by atoms with Crippen LogP contribution in [0.1, 0.15) is 11.3 Å². The Morgan fingerprint density at radius 2 is 2.30 bits per heavy atom. The van der Waals surface area contributed by atoms with E-state index >= 15 is 0 Å². The highest BCUT2D eigenvalue weighted by molar-refractivity contribution is 5.78. The van der Waals surface area contributed by atoms with Gasteiger partial charge in [-0.2, -0.15) is 0 Å². The molecule has 102 valence electrons. The molecule has 0 aliphatic carbocycles. The number of aromatic nitrogens is 3. The second-order valence-electron chi connectivity index (χ2n) is 4.54. The van der Waals surface area contributed by atoms with E-state index in [0.717, 1.165) is 17.7 Å². The Bertz CT molecular complexity index is 603. The highest BCUT2D eigenvalue weighted by Crippen LogP contribution is 2.15. The van der Waals surface area contributed by atoms with Crippen molar-refractivity contribution in [2.24, 2.45) is 0 Å². The average molecular weight is 270 g/mol. The molecule has 0 spiro atoms. The summed E-state index contributed by atoms with van der Waals surface area (Å²) in [5.74, 6) is 0.560. The maximum atomic E-state index is 12.1. The number of ether oxygens (including phenoxy) is 1. The molecule has 2 aromatic heterocycles. The van der Waals surface area contributed by atoms with E-state index in [1.165, 1.54) is 0 Å². The number of rotatable bonds is 3. The van der Waals surface area contributed by atoms with E-state index in [4.69, 9.17) is 4.74 Å². The summed E-state index contributed by atoms with van der Waals surface area (Å²) >= 11 is 0. The predicted molar refractivity (Wildman–Crippen MR) is 70.9 cm³/mol. The Hall–Kier alpha value is -2.50. The topological polar surface area (TPSA) is 68.2 Å². The monoisotopic (exact) mass is 270 g/mol. The van der Waals surface area contributed by atoms with Crippen LogP contribution >= 0.6 is 0 Å². The van der Waals surface area contributed by atoms with Crippen molar-refractivity contribution >= 4 is 5.91 Å². The van der Waals surface area contributed by atoms with E-state index in [9.17, 15) is 4.79 Å². The molecule has 0 saturated heterocycles. The number of amides is 1. The number of hydrogen-bond acceptors (Lipinski definition) is 5. The zero-order valence-corrected chi connectivity index (χ0v) is 10.9. The maximum Gasteiger partial charge on any atom is 0.260 e. The molecule has 20 heavy (non-hydrogen) atoms. The lowest BCUT2D eigenvalue weighted by Crippen LogP contribution is -2.39. The Balaban J connectivity index is 1.59. The number of carbonyl (C=O) groups is 1. The van der Waals surface area contributed by atoms with Gasteiger partial charge in [-0.05, 0) is 12.1 Å². The van der Waals surface area contributed by atoms with Crippen LogP contribution in [0.2, 0.25) is 0 Å². The summed E-state index contributed by atoms with van der Waals surface area (Å²) in [5, 5.41) is 0. The molecule has 2 aromatic rings.